The third-order valence-electron chi connectivity index (χ3n) is 2.56. The molecule has 1 N–H and O–H groups in total. The van der Waals surface area contributed by atoms with E-state index in [2.05, 4.69) is 27.4 Å². The zero-order chi connectivity index (χ0) is 12.1. The van der Waals surface area contributed by atoms with Crippen molar-refractivity contribution in [3.8, 4) is 0 Å². The summed E-state index contributed by atoms with van der Waals surface area (Å²) < 4.78 is 0. The highest BCUT2D eigenvalue weighted by atomic mass is 15.3. The van der Waals surface area contributed by atoms with Crippen molar-refractivity contribution in [3.63, 3.8) is 0 Å². The first kappa shape index (κ1) is 12.8. The average molecular weight is 223 g/mol. The monoisotopic (exact) mass is 223 g/mol. The summed E-state index contributed by atoms with van der Waals surface area (Å²) >= 11 is 0. The molecular formula is C11H21N5. The summed E-state index contributed by atoms with van der Waals surface area (Å²) in [7, 11) is 3.96. The van der Waals surface area contributed by atoms with E-state index >= 15 is 0 Å². The van der Waals surface area contributed by atoms with Gasteiger partial charge in [0.15, 0.2) is 0 Å². The summed E-state index contributed by atoms with van der Waals surface area (Å²) in [4.78, 5) is 6.46. The lowest BCUT2D eigenvalue weighted by Crippen LogP contribution is -2.31. The lowest BCUT2D eigenvalue weighted by atomic mass is 10.2. The van der Waals surface area contributed by atoms with E-state index in [1.165, 1.54) is 0 Å². The van der Waals surface area contributed by atoms with Gasteiger partial charge in [-0.05, 0) is 33.4 Å². The van der Waals surface area contributed by atoms with Crippen LogP contribution in [0, 0.1) is 19.8 Å². The van der Waals surface area contributed by atoms with Crippen LogP contribution in [0.1, 0.15) is 18.3 Å². The first-order valence-electron chi connectivity index (χ1n) is 5.58. The van der Waals surface area contributed by atoms with E-state index in [-0.39, 0.29) is 0 Å². The van der Waals surface area contributed by atoms with Crippen molar-refractivity contribution in [1.29, 1.82) is 0 Å². The molecule has 1 unspecified atom stereocenters. The molecule has 90 valence electrons. The predicted molar refractivity (Wildman–Crippen MR) is 65.7 cm³/mol. The minimum atomic E-state index is 0.556. The van der Waals surface area contributed by atoms with E-state index in [0.29, 0.717) is 11.9 Å². The van der Waals surface area contributed by atoms with Gasteiger partial charge in [0.2, 0.25) is 5.95 Å². The molecule has 0 saturated carbocycles. The number of nitrogens with zero attached hydrogens (tertiary/aromatic N) is 4. The van der Waals surface area contributed by atoms with E-state index in [1.807, 2.05) is 32.8 Å². The third kappa shape index (κ3) is 3.41. The molecule has 0 aromatic carbocycles. The Morgan fingerprint density at radius 3 is 2.50 bits per heavy atom. The molecule has 0 amide bonds. The topological polar surface area (TPSA) is 53.9 Å². The van der Waals surface area contributed by atoms with Gasteiger partial charge in [-0.15, -0.1) is 5.10 Å². The van der Waals surface area contributed by atoms with Crippen LogP contribution >= 0.6 is 0 Å². The van der Waals surface area contributed by atoms with Crippen LogP contribution in [0.5, 0.6) is 0 Å². The number of rotatable bonds is 5. The molecule has 16 heavy (non-hydrogen) atoms. The predicted octanol–water partition coefficient (Wildman–Crippen LogP) is 0.780. The van der Waals surface area contributed by atoms with Crippen molar-refractivity contribution in [2.45, 2.75) is 20.8 Å². The molecule has 1 aromatic rings. The van der Waals surface area contributed by atoms with Gasteiger partial charge in [0.05, 0.1) is 11.4 Å². The van der Waals surface area contributed by atoms with Crippen LogP contribution in [0.2, 0.25) is 0 Å². The Morgan fingerprint density at radius 1 is 1.25 bits per heavy atom. The number of hydrogen-bond acceptors (Lipinski definition) is 5. The normalized spacial score (nSPS) is 12.6. The minimum absolute atomic E-state index is 0.556. The second kappa shape index (κ2) is 5.75. The van der Waals surface area contributed by atoms with Crippen LogP contribution in [-0.2, 0) is 0 Å². The molecule has 1 rings (SSSR count). The van der Waals surface area contributed by atoms with Gasteiger partial charge in [-0.3, -0.25) is 0 Å². The summed E-state index contributed by atoms with van der Waals surface area (Å²) in [5.74, 6) is 1.26. The Hall–Kier alpha value is -1.23. The van der Waals surface area contributed by atoms with Crippen LogP contribution in [0.25, 0.3) is 0 Å². The second-order valence-electron chi connectivity index (χ2n) is 4.33. The zero-order valence-corrected chi connectivity index (χ0v) is 10.8. The maximum atomic E-state index is 4.42. The number of aromatic nitrogens is 3. The SMILES string of the molecule is CNCC(C)CN(C)c1nnc(C)c(C)n1. The van der Waals surface area contributed by atoms with Crippen molar-refractivity contribution < 1.29 is 0 Å². The minimum Gasteiger partial charge on any atom is -0.342 e. The van der Waals surface area contributed by atoms with Crippen LogP contribution in [-0.4, -0.2) is 42.4 Å². The first-order valence-corrected chi connectivity index (χ1v) is 5.58. The Morgan fingerprint density at radius 2 is 1.94 bits per heavy atom. The molecule has 5 nitrogen and oxygen atoms in total. The third-order valence-corrected chi connectivity index (χ3v) is 2.56. The van der Waals surface area contributed by atoms with Gasteiger partial charge in [-0.1, -0.05) is 6.92 Å². The quantitative estimate of drug-likeness (QED) is 0.799. The largest absolute Gasteiger partial charge is 0.342 e. The molecule has 0 aliphatic carbocycles. The molecule has 0 radical (unpaired) electrons. The highest BCUT2D eigenvalue weighted by molar-refractivity contribution is 5.28. The molecule has 1 heterocycles. The van der Waals surface area contributed by atoms with Gasteiger partial charge < -0.3 is 10.2 Å². The standard InChI is InChI=1S/C11H21N5/c1-8(6-12-4)7-16(5)11-13-9(2)10(3)14-15-11/h8,12H,6-7H2,1-5H3. The van der Waals surface area contributed by atoms with Gasteiger partial charge in [-0.25, -0.2) is 4.98 Å². The Labute approximate surface area is 97.3 Å². The van der Waals surface area contributed by atoms with Gasteiger partial charge in [0.25, 0.3) is 0 Å². The van der Waals surface area contributed by atoms with Gasteiger partial charge in [0, 0.05) is 13.6 Å². The Bertz CT molecular complexity index is 339. The summed E-state index contributed by atoms with van der Waals surface area (Å²) in [6.45, 7) is 7.98. The maximum Gasteiger partial charge on any atom is 0.245 e. The first-order chi connectivity index (χ1) is 7.54. The van der Waals surface area contributed by atoms with Gasteiger partial charge in [0.1, 0.15) is 0 Å². The maximum absolute atomic E-state index is 4.42. The molecule has 0 saturated heterocycles. The molecular weight excluding hydrogens is 202 g/mol. The number of hydrogen-bond donors (Lipinski definition) is 1. The summed E-state index contributed by atoms with van der Waals surface area (Å²) in [5.41, 5.74) is 1.83. The van der Waals surface area contributed by atoms with E-state index < -0.39 is 0 Å². The molecule has 0 bridgehead atoms. The van der Waals surface area contributed by atoms with Gasteiger partial charge >= 0.3 is 0 Å². The van der Waals surface area contributed by atoms with E-state index in [9.17, 15) is 0 Å². The average Bonchev–Trinajstić information content (AvgIpc) is 2.22. The molecule has 1 atom stereocenters. The summed E-state index contributed by atoms with van der Waals surface area (Å²) in [6.07, 6.45) is 0. The van der Waals surface area contributed by atoms with Gasteiger partial charge in [-0.2, -0.15) is 5.10 Å². The van der Waals surface area contributed by atoms with E-state index in [4.69, 9.17) is 0 Å². The molecule has 0 spiro atoms. The van der Waals surface area contributed by atoms with Crippen molar-refractivity contribution >= 4 is 5.95 Å². The molecule has 0 aliphatic rings. The van der Waals surface area contributed by atoms with E-state index in [1.54, 1.807) is 0 Å². The molecule has 5 heteroatoms. The highest BCUT2D eigenvalue weighted by Crippen LogP contribution is 2.08. The second-order valence-corrected chi connectivity index (χ2v) is 4.33. The lowest BCUT2D eigenvalue weighted by molar-refractivity contribution is 0.537. The zero-order valence-electron chi connectivity index (χ0n) is 10.8. The smallest absolute Gasteiger partial charge is 0.245 e. The van der Waals surface area contributed by atoms with Crippen LogP contribution in [0.4, 0.5) is 5.95 Å². The molecule has 1 aromatic heterocycles. The van der Waals surface area contributed by atoms with Crippen molar-refractivity contribution in [2.75, 3.05) is 32.1 Å². The van der Waals surface area contributed by atoms with Crippen molar-refractivity contribution in [3.05, 3.63) is 11.4 Å². The van der Waals surface area contributed by atoms with E-state index in [0.717, 1.165) is 24.5 Å². The lowest BCUT2D eigenvalue weighted by Gasteiger charge is -2.21. The Kier molecular flexibility index (Phi) is 4.61. The number of aryl methyl sites for hydroxylation is 2. The fraction of sp³-hybridized carbons (Fsp3) is 0.727. The fourth-order valence-electron chi connectivity index (χ4n) is 1.57. The Balaban J connectivity index is 2.65. The highest BCUT2D eigenvalue weighted by Gasteiger charge is 2.10. The number of anilines is 1. The summed E-state index contributed by atoms with van der Waals surface area (Å²) in [5, 5.41) is 11.3. The molecule has 0 aliphatic heterocycles. The van der Waals surface area contributed by atoms with Crippen molar-refractivity contribution in [2.24, 2.45) is 5.92 Å². The fourth-order valence-corrected chi connectivity index (χ4v) is 1.57. The summed E-state index contributed by atoms with van der Waals surface area (Å²) in [6, 6.07) is 0. The van der Waals surface area contributed by atoms with Crippen LogP contribution in [0.3, 0.4) is 0 Å². The van der Waals surface area contributed by atoms with Crippen LogP contribution in [0.15, 0.2) is 0 Å². The van der Waals surface area contributed by atoms with Crippen molar-refractivity contribution in [1.82, 2.24) is 20.5 Å². The van der Waals surface area contributed by atoms with Crippen LogP contribution < -0.4 is 10.2 Å². The molecule has 0 fully saturated rings. The number of nitrogens with one attached hydrogen (secondary N) is 1.